The van der Waals surface area contributed by atoms with E-state index in [1.54, 1.807) is 16.8 Å². The second kappa shape index (κ2) is 3.67. The zero-order valence-electron chi connectivity index (χ0n) is 10.0. The van der Waals surface area contributed by atoms with Crippen LogP contribution < -0.4 is 0 Å². The van der Waals surface area contributed by atoms with Gasteiger partial charge in [0.15, 0.2) is 6.10 Å². The van der Waals surface area contributed by atoms with Crippen LogP contribution in [0.1, 0.15) is 44.9 Å². The highest BCUT2D eigenvalue weighted by molar-refractivity contribution is 7.07. The smallest absolute Gasteiger partial charge is 0.335 e. The molecule has 3 nitrogen and oxygen atoms in total. The van der Waals surface area contributed by atoms with Gasteiger partial charge in [0.25, 0.3) is 0 Å². The third-order valence-electron chi connectivity index (χ3n) is 3.97. The van der Waals surface area contributed by atoms with Crippen molar-refractivity contribution in [1.82, 2.24) is 4.98 Å². The van der Waals surface area contributed by atoms with Gasteiger partial charge in [0, 0.05) is 16.4 Å². The summed E-state index contributed by atoms with van der Waals surface area (Å²) in [5, 5.41) is 1.98. The van der Waals surface area contributed by atoms with Crippen LogP contribution in [0.15, 0.2) is 22.0 Å². The fourth-order valence-electron chi connectivity index (χ4n) is 3.16. The van der Waals surface area contributed by atoms with Crippen molar-refractivity contribution in [1.29, 1.82) is 0 Å². The standard InChI is InChI=1S/C13H15NO2S/c1-8-4-3-5-13(2)10(8)12(15)16-11(13)9-6-17-7-14-9/h6-7,11H,3-5H2,1-2H3/t11?,13-/m1/s1. The quantitative estimate of drug-likeness (QED) is 0.717. The summed E-state index contributed by atoms with van der Waals surface area (Å²) in [7, 11) is 0. The Labute approximate surface area is 105 Å². The summed E-state index contributed by atoms with van der Waals surface area (Å²) >= 11 is 1.55. The SMILES string of the molecule is CC1=C2C(=O)OC(c3cscn3)[C@]2(C)CCC1. The lowest BCUT2D eigenvalue weighted by Gasteiger charge is -2.32. The van der Waals surface area contributed by atoms with E-state index in [4.69, 9.17) is 4.74 Å². The molecule has 1 fully saturated rings. The van der Waals surface area contributed by atoms with Crippen LogP contribution in [0.3, 0.4) is 0 Å². The Bertz CT molecular complexity index is 492. The first-order valence-electron chi connectivity index (χ1n) is 5.92. The normalized spacial score (nSPS) is 32.6. The molecule has 1 unspecified atom stereocenters. The van der Waals surface area contributed by atoms with Gasteiger partial charge in [0.1, 0.15) is 0 Å². The summed E-state index contributed by atoms with van der Waals surface area (Å²) < 4.78 is 5.57. The number of hydrogen-bond donors (Lipinski definition) is 0. The van der Waals surface area contributed by atoms with E-state index >= 15 is 0 Å². The Morgan fingerprint density at radius 2 is 2.41 bits per heavy atom. The molecule has 1 saturated heterocycles. The molecule has 1 aromatic heterocycles. The van der Waals surface area contributed by atoms with Crippen molar-refractivity contribution in [2.24, 2.45) is 5.41 Å². The van der Waals surface area contributed by atoms with E-state index in [1.165, 1.54) is 5.57 Å². The van der Waals surface area contributed by atoms with Crippen LogP contribution in [0.25, 0.3) is 0 Å². The van der Waals surface area contributed by atoms with Crippen LogP contribution >= 0.6 is 11.3 Å². The number of fused-ring (bicyclic) bond motifs is 1. The summed E-state index contributed by atoms with van der Waals surface area (Å²) in [6.45, 7) is 4.19. The lowest BCUT2D eigenvalue weighted by Crippen LogP contribution is -2.26. The minimum atomic E-state index is -0.188. The minimum absolute atomic E-state index is 0.136. The maximum Gasteiger partial charge on any atom is 0.335 e. The van der Waals surface area contributed by atoms with E-state index < -0.39 is 0 Å². The molecule has 1 aromatic rings. The largest absolute Gasteiger partial charge is 0.451 e. The molecule has 2 atom stereocenters. The molecule has 17 heavy (non-hydrogen) atoms. The molecular formula is C13H15NO2S. The van der Waals surface area contributed by atoms with E-state index in [2.05, 4.69) is 18.8 Å². The first-order chi connectivity index (χ1) is 8.13. The summed E-state index contributed by atoms with van der Waals surface area (Å²) in [6.07, 6.45) is 2.96. The fourth-order valence-corrected chi connectivity index (χ4v) is 3.73. The van der Waals surface area contributed by atoms with Crippen molar-refractivity contribution in [3.05, 3.63) is 27.7 Å². The fraction of sp³-hybridized carbons (Fsp3) is 0.538. The van der Waals surface area contributed by atoms with Crippen molar-refractivity contribution >= 4 is 17.3 Å². The Kier molecular flexibility index (Phi) is 2.36. The van der Waals surface area contributed by atoms with Gasteiger partial charge in [-0.2, -0.15) is 0 Å². The summed E-state index contributed by atoms with van der Waals surface area (Å²) in [4.78, 5) is 16.3. The van der Waals surface area contributed by atoms with E-state index in [1.807, 2.05) is 5.38 Å². The van der Waals surface area contributed by atoms with Gasteiger partial charge in [0.05, 0.1) is 11.2 Å². The second-order valence-electron chi connectivity index (χ2n) is 5.13. The lowest BCUT2D eigenvalue weighted by atomic mass is 9.69. The highest BCUT2D eigenvalue weighted by atomic mass is 32.1. The maximum absolute atomic E-state index is 12.0. The molecule has 2 heterocycles. The number of allylic oxidation sites excluding steroid dienone is 1. The summed E-state index contributed by atoms with van der Waals surface area (Å²) in [6, 6.07) is 0. The zero-order chi connectivity index (χ0) is 12.0. The van der Waals surface area contributed by atoms with Crippen molar-refractivity contribution < 1.29 is 9.53 Å². The number of hydrogen-bond acceptors (Lipinski definition) is 4. The van der Waals surface area contributed by atoms with Crippen LogP contribution in [0, 0.1) is 5.41 Å². The third kappa shape index (κ3) is 1.47. The molecule has 0 radical (unpaired) electrons. The van der Waals surface area contributed by atoms with Gasteiger partial charge in [-0.1, -0.05) is 12.5 Å². The highest BCUT2D eigenvalue weighted by Crippen LogP contribution is 2.55. The number of esters is 1. The van der Waals surface area contributed by atoms with E-state index in [0.717, 1.165) is 30.5 Å². The van der Waals surface area contributed by atoms with Crippen LogP contribution in [-0.4, -0.2) is 11.0 Å². The molecule has 90 valence electrons. The number of thiazole rings is 1. The van der Waals surface area contributed by atoms with Gasteiger partial charge in [-0.15, -0.1) is 11.3 Å². The third-order valence-corrected chi connectivity index (χ3v) is 4.58. The van der Waals surface area contributed by atoms with Crippen molar-refractivity contribution in [2.45, 2.75) is 39.2 Å². The molecule has 3 rings (SSSR count). The topological polar surface area (TPSA) is 39.2 Å². The highest BCUT2D eigenvalue weighted by Gasteiger charge is 2.53. The predicted molar refractivity (Wildman–Crippen MR) is 65.6 cm³/mol. The van der Waals surface area contributed by atoms with Gasteiger partial charge in [-0.3, -0.25) is 0 Å². The molecule has 1 aliphatic heterocycles. The first kappa shape index (κ1) is 11.0. The van der Waals surface area contributed by atoms with Crippen molar-refractivity contribution in [3.63, 3.8) is 0 Å². The molecule has 0 spiro atoms. The molecule has 0 aromatic carbocycles. The van der Waals surface area contributed by atoms with Crippen molar-refractivity contribution in [3.8, 4) is 0 Å². The Morgan fingerprint density at radius 1 is 1.59 bits per heavy atom. The number of cyclic esters (lactones) is 1. The summed E-state index contributed by atoms with van der Waals surface area (Å²) in [5.74, 6) is -0.136. The Balaban J connectivity index is 2.11. The Morgan fingerprint density at radius 3 is 3.12 bits per heavy atom. The molecular weight excluding hydrogens is 234 g/mol. The van der Waals surface area contributed by atoms with Crippen LogP contribution in [-0.2, 0) is 9.53 Å². The molecule has 2 aliphatic rings. The number of carbonyl (C=O) groups is 1. The number of ether oxygens (including phenoxy) is 1. The van der Waals surface area contributed by atoms with Gasteiger partial charge >= 0.3 is 5.97 Å². The average molecular weight is 249 g/mol. The first-order valence-corrected chi connectivity index (χ1v) is 6.86. The molecule has 1 aliphatic carbocycles. The average Bonchev–Trinajstić information content (AvgIpc) is 2.85. The van der Waals surface area contributed by atoms with E-state index in [0.29, 0.717) is 0 Å². The maximum atomic E-state index is 12.0. The predicted octanol–water partition coefficient (Wildman–Crippen LogP) is 3.25. The molecule has 0 amide bonds. The number of aromatic nitrogens is 1. The van der Waals surface area contributed by atoms with Crippen LogP contribution in [0.2, 0.25) is 0 Å². The minimum Gasteiger partial charge on any atom is -0.451 e. The van der Waals surface area contributed by atoms with Crippen LogP contribution in [0.4, 0.5) is 0 Å². The summed E-state index contributed by atoms with van der Waals surface area (Å²) in [5.41, 5.74) is 4.62. The Hall–Kier alpha value is -1.16. The lowest BCUT2D eigenvalue weighted by molar-refractivity contribution is -0.140. The number of carbonyl (C=O) groups excluding carboxylic acids is 1. The van der Waals surface area contributed by atoms with Gasteiger partial charge in [-0.25, -0.2) is 9.78 Å². The van der Waals surface area contributed by atoms with E-state index in [-0.39, 0.29) is 17.5 Å². The molecule has 0 N–H and O–H groups in total. The number of rotatable bonds is 1. The van der Waals surface area contributed by atoms with Gasteiger partial charge in [0.2, 0.25) is 0 Å². The molecule has 4 heteroatoms. The number of nitrogens with zero attached hydrogens (tertiary/aromatic N) is 1. The molecule has 0 saturated carbocycles. The van der Waals surface area contributed by atoms with Gasteiger partial charge < -0.3 is 4.74 Å². The van der Waals surface area contributed by atoms with E-state index in [9.17, 15) is 4.79 Å². The monoisotopic (exact) mass is 249 g/mol. The zero-order valence-corrected chi connectivity index (χ0v) is 10.8. The van der Waals surface area contributed by atoms with Crippen molar-refractivity contribution in [2.75, 3.05) is 0 Å². The molecule has 0 bridgehead atoms. The second-order valence-corrected chi connectivity index (χ2v) is 5.84. The van der Waals surface area contributed by atoms with Crippen LogP contribution in [0.5, 0.6) is 0 Å². The van der Waals surface area contributed by atoms with Gasteiger partial charge in [-0.05, 0) is 26.2 Å².